The first-order chi connectivity index (χ1) is 9.33. The van der Waals surface area contributed by atoms with E-state index in [1.54, 1.807) is 0 Å². The molecule has 0 bridgehead atoms. The molecule has 0 aromatic heterocycles. The normalized spacial score (nSPS) is 27.1. The summed E-state index contributed by atoms with van der Waals surface area (Å²) in [4.78, 5) is 2.58. The summed E-state index contributed by atoms with van der Waals surface area (Å²) in [6.07, 6.45) is 3.58. The molecule has 104 valence electrons. The highest BCUT2D eigenvalue weighted by atomic mass is 16.5. The average molecular weight is 260 g/mol. The molecule has 2 aliphatic heterocycles. The van der Waals surface area contributed by atoms with Gasteiger partial charge in [0.15, 0.2) is 0 Å². The molecule has 1 saturated heterocycles. The van der Waals surface area contributed by atoms with Gasteiger partial charge in [0.25, 0.3) is 0 Å². The first-order valence-electron chi connectivity index (χ1n) is 7.53. The van der Waals surface area contributed by atoms with Crippen molar-refractivity contribution >= 4 is 0 Å². The summed E-state index contributed by atoms with van der Waals surface area (Å²) in [5.74, 6) is 1.67. The van der Waals surface area contributed by atoms with Gasteiger partial charge in [-0.25, -0.2) is 0 Å². The van der Waals surface area contributed by atoms with Crippen LogP contribution in [0, 0.1) is 5.92 Å². The monoisotopic (exact) mass is 260 g/mol. The van der Waals surface area contributed by atoms with Gasteiger partial charge in [-0.2, -0.15) is 0 Å². The number of rotatable bonds is 3. The van der Waals surface area contributed by atoms with Crippen molar-refractivity contribution in [1.82, 2.24) is 4.90 Å². The molecular weight excluding hydrogens is 236 g/mol. The van der Waals surface area contributed by atoms with Gasteiger partial charge in [0.05, 0.1) is 6.61 Å². The molecular formula is C16H24N2O. The Morgan fingerprint density at radius 2 is 2.32 bits per heavy atom. The van der Waals surface area contributed by atoms with Crippen LogP contribution in [0.1, 0.15) is 36.9 Å². The first kappa shape index (κ1) is 12.9. The summed E-state index contributed by atoms with van der Waals surface area (Å²) in [5, 5.41) is 0. The number of hydrogen-bond donors (Lipinski definition) is 1. The van der Waals surface area contributed by atoms with E-state index in [1.807, 2.05) is 0 Å². The van der Waals surface area contributed by atoms with E-state index in [0.29, 0.717) is 12.0 Å². The second-order valence-electron chi connectivity index (χ2n) is 5.68. The minimum absolute atomic E-state index is 0.495. The van der Waals surface area contributed by atoms with Gasteiger partial charge in [-0.1, -0.05) is 19.1 Å². The molecule has 1 aromatic carbocycles. The molecule has 1 fully saturated rings. The number of nitrogens with zero attached hydrogens (tertiary/aromatic N) is 1. The van der Waals surface area contributed by atoms with Crippen LogP contribution in [0.3, 0.4) is 0 Å². The zero-order valence-electron chi connectivity index (χ0n) is 11.8. The lowest BCUT2D eigenvalue weighted by Gasteiger charge is -2.41. The van der Waals surface area contributed by atoms with Gasteiger partial charge in [-0.05, 0) is 55.6 Å². The molecule has 0 amide bonds. The molecule has 2 N–H and O–H groups in total. The summed E-state index contributed by atoms with van der Waals surface area (Å²) in [6.45, 7) is 6.18. The van der Waals surface area contributed by atoms with E-state index >= 15 is 0 Å². The lowest BCUT2D eigenvalue weighted by Crippen LogP contribution is -2.41. The van der Waals surface area contributed by atoms with Crippen molar-refractivity contribution in [2.75, 3.05) is 26.2 Å². The minimum atomic E-state index is 0.495. The maximum atomic E-state index is 6.01. The van der Waals surface area contributed by atoms with Gasteiger partial charge in [0, 0.05) is 12.5 Å². The molecule has 2 aliphatic rings. The summed E-state index contributed by atoms with van der Waals surface area (Å²) in [6, 6.07) is 7.23. The maximum absolute atomic E-state index is 6.01. The Morgan fingerprint density at radius 1 is 1.42 bits per heavy atom. The van der Waals surface area contributed by atoms with E-state index in [2.05, 4.69) is 30.0 Å². The van der Waals surface area contributed by atoms with Crippen molar-refractivity contribution in [3.8, 4) is 5.75 Å². The first-order valence-corrected chi connectivity index (χ1v) is 7.53. The topological polar surface area (TPSA) is 38.5 Å². The van der Waals surface area contributed by atoms with Crippen LogP contribution < -0.4 is 10.5 Å². The van der Waals surface area contributed by atoms with Gasteiger partial charge in [-0.15, -0.1) is 0 Å². The van der Waals surface area contributed by atoms with Crippen LogP contribution in [0.5, 0.6) is 5.75 Å². The van der Waals surface area contributed by atoms with Crippen LogP contribution in [0.15, 0.2) is 18.2 Å². The van der Waals surface area contributed by atoms with Crippen LogP contribution in [0.2, 0.25) is 0 Å². The third-order valence-electron chi connectivity index (χ3n) is 4.62. The van der Waals surface area contributed by atoms with Gasteiger partial charge in [0.2, 0.25) is 0 Å². The number of fused-ring (bicyclic) bond motifs is 1. The molecule has 19 heavy (non-hydrogen) atoms. The van der Waals surface area contributed by atoms with E-state index < -0.39 is 0 Å². The average Bonchev–Trinajstić information content (AvgIpc) is 2.93. The zero-order valence-corrected chi connectivity index (χ0v) is 11.8. The zero-order chi connectivity index (χ0) is 13.2. The Labute approximate surface area is 115 Å². The highest BCUT2D eigenvalue weighted by molar-refractivity contribution is 5.41. The third-order valence-corrected chi connectivity index (χ3v) is 4.62. The van der Waals surface area contributed by atoms with E-state index in [1.165, 1.54) is 30.5 Å². The molecule has 2 heterocycles. The quantitative estimate of drug-likeness (QED) is 0.906. The Bertz CT molecular complexity index is 434. The van der Waals surface area contributed by atoms with Crippen LogP contribution in [0.25, 0.3) is 0 Å². The molecule has 0 aliphatic carbocycles. The van der Waals surface area contributed by atoms with E-state index in [-0.39, 0.29) is 0 Å². The number of likely N-dealkylation sites (tertiary alicyclic amines) is 1. The maximum Gasteiger partial charge on any atom is 0.122 e. The largest absolute Gasteiger partial charge is 0.493 e. The van der Waals surface area contributed by atoms with Crippen molar-refractivity contribution in [2.45, 2.75) is 32.2 Å². The predicted molar refractivity (Wildman–Crippen MR) is 77.4 cm³/mol. The highest BCUT2D eigenvalue weighted by Crippen LogP contribution is 2.37. The van der Waals surface area contributed by atoms with Gasteiger partial charge >= 0.3 is 0 Å². The van der Waals surface area contributed by atoms with Gasteiger partial charge < -0.3 is 10.5 Å². The molecule has 0 radical (unpaired) electrons. The van der Waals surface area contributed by atoms with Crippen molar-refractivity contribution < 1.29 is 4.74 Å². The molecule has 2 atom stereocenters. The summed E-state index contributed by atoms with van der Waals surface area (Å²) < 4.78 is 5.61. The lowest BCUT2D eigenvalue weighted by molar-refractivity contribution is 0.102. The Balaban J connectivity index is 1.92. The number of hydrogen-bond acceptors (Lipinski definition) is 3. The fourth-order valence-electron chi connectivity index (χ4n) is 3.63. The number of piperidine rings is 1. The van der Waals surface area contributed by atoms with E-state index in [4.69, 9.17) is 10.5 Å². The number of benzene rings is 1. The second kappa shape index (κ2) is 5.51. The summed E-state index contributed by atoms with van der Waals surface area (Å²) in [5.41, 5.74) is 8.81. The fourth-order valence-corrected chi connectivity index (χ4v) is 3.63. The molecule has 1 aromatic rings. The molecule has 0 spiro atoms. The summed E-state index contributed by atoms with van der Waals surface area (Å²) >= 11 is 0. The van der Waals surface area contributed by atoms with Crippen molar-refractivity contribution in [3.63, 3.8) is 0 Å². The van der Waals surface area contributed by atoms with Crippen molar-refractivity contribution in [3.05, 3.63) is 29.3 Å². The molecule has 0 saturated carbocycles. The molecule has 3 rings (SSSR count). The number of ether oxygens (including phenoxy) is 1. The van der Waals surface area contributed by atoms with Crippen LogP contribution in [-0.2, 0) is 6.42 Å². The van der Waals surface area contributed by atoms with Gasteiger partial charge in [0.1, 0.15) is 5.75 Å². The summed E-state index contributed by atoms with van der Waals surface area (Å²) in [7, 11) is 0. The molecule has 2 unspecified atom stereocenters. The SMILES string of the molecule is CCN1CCCC(CN)C1c1ccc2c(c1)CCO2. The molecule has 3 nitrogen and oxygen atoms in total. The van der Waals surface area contributed by atoms with Crippen molar-refractivity contribution in [1.29, 1.82) is 0 Å². The van der Waals surface area contributed by atoms with Crippen LogP contribution in [-0.4, -0.2) is 31.1 Å². The fraction of sp³-hybridized carbons (Fsp3) is 0.625. The highest BCUT2D eigenvalue weighted by Gasteiger charge is 2.31. The van der Waals surface area contributed by atoms with E-state index in [9.17, 15) is 0 Å². The van der Waals surface area contributed by atoms with Crippen LogP contribution in [0.4, 0.5) is 0 Å². The standard InChI is InChI=1S/C16H24N2O/c1-2-18-8-3-4-14(11-17)16(18)13-5-6-15-12(10-13)7-9-19-15/h5-6,10,14,16H,2-4,7-9,11,17H2,1H3. The molecule has 3 heteroatoms. The van der Waals surface area contributed by atoms with E-state index in [0.717, 1.165) is 31.9 Å². The Hall–Kier alpha value is -1.06. The predicted octanol–water partition coefficient (Wildman–Crippen LogP) is 2.35. The lowest BCUT2D eigenvalue weighted by atomic mass is 9.84. The van der Waals surface area contributed by atoms with Crippen LogP contribution >= 0.6 is 0 Å². The smallest absolute Gasteiger partial charge is 0.122 e. The third kappa shape index (κ3) is 2.37. The number of nitrogens with two attached hydrogens (primary N) is 1. The Kier molecular flexibility index (Phi) is 3.76. The second-order valence-corrected chi connectivity index (χ2v) is 5.68. The van der Waals surface area contributed by atoms with Gasteiger partial charge in [-0.3, -0.25) is 4.90 Å². The van der Waals surface area contributed by atoms with Crippen molar-refractivity contribution in [2.24, 2.45) is 11.7 Å². The minimum Gasteiger partial charge on any atom is -0.493 e. The Morgan fingerprint density at radius 3 is 3.11 bits per heavy atom.